The number of carbonyl (C=O) groups is 1. The van der Waals surface area contributed by atoms with E-state index in [9.17, 15) is 4.79 Å². The van der Waals surface area contributed by atoms with Crippen LogP contribution in [0.5, 0.6) is 11.6 Å². The first-order valence-corrected chi connectivity index (χ1v) is 5.70. The van der Waals surface area contributed by atoms with E-state index in [1.807, 2.05) is 6.92 Å². The molecule has 0 aliphatic rings. The van der Waals surface area contributed by atoms with Gasteiger partial charge in [-0.05, 0) is 19.1 Å². The Morgan fingerprint density at radius 1 is 1.37 bits per heavy atom. The second kappa shape index (κ2) is 5.34. The van der Waals surface area contributed by atoms with Crippen molar-refractivity contribution in [3.05, 3.63) is 41.6 Å². The highest BCUT2D eigenvalue weighted by Gasteiger charge is 2.12. The third-order valence-corrected chi connectivity index (χ3v) is 2.51. The lowest BCUT2D eigenvalue weighted by Crippen LogP contribution is -2.12. The molecule has 0 radical (unpaired) electrons. The van der Waals surface area contributed by atoms with Crippen molar-refractivity contribution in [3.63, 3.8) is 0 Å². The fourth-order valence-corrected chi connectivity index (χ4v) is 1.51. The minimum Gasteiger partial charge on any atom is -0.438 e. The summed E-state index contributed by atoms with van der Waals surface area (Å²) in [6, 6.07) is 6.75. The summed E-state index contributed by atoms with van der Waals surface area (Å²) in [5.74, 6) is 0.653. The van der Waals surface area contributed by atoms with Gasteiger partial charge in [0.1, 0.15) is 5.75 Å². The lowest BCUT2D eigenvalue weighted by atomic mass is 10.2. The van der Waals surface area contributed by atoms with Gasteiger partial charge in [0.15, 0.2) is 0 Å². The van der Waals surface area contributed by atoms with E-state index >= 15 is 0 Å². The molecule has 1 heterocycles. The van der Waals surface area contributed by atoms with Crippen LogP contribution in [0.25, 0.3) is 0 Å². The van der Waals surface area contributed by atoms with Crippen LogP contribution in [0.1, 0.15) is 15.9 Å². The highest BCUT2D eigenvalue weighted by Crippen LogP contribution is 2.26. The first-order chi connectivity index (χ1) is 9.11. The molecule has 0 aliphatic heterocycles. The van der Waals surface area contributed by atoms with E-state index in [4.69, 9.17) is 10.5 Å². The Bertz CT molecular complexity index is 613. The maximum absolute atomic E-state index is 11.3. The van der Waals surface area contributed by atoms with Crippen LogP contribution in [0, 0.1) is 6.92 Å². The summed E-state index contributed by atoms with van der Waals surface area (Å²) in [7, 11) is 1.71. The molecule has 0 fully saturated rings. The molecule has 0 aliphatic carbocycles. The third kappa shape index (κ3) is 2.79. The molecule has 2 aromatic rings. The maximum atomic E-state index is 11.3. The Hall–Kier alpha value is -2.63. The summed E-state index contributed by atoms with van der Waals surface area (Å²) < 4.78 is 5.65. The predicted octanol–water partition coefficient (Wildman–Crippen LogP) is 1.72. The van der Waals surface area contributed by atoms with E-state index in [1.165, 1.54) is 0 Å². The fourth-order valence-electron chi connectivity index (χ4n) is 1.51. The Morgan fingerprint density at radius 3 is 2.79 bits per heavy atom. The van der Waals surface area contributed by atoms with Crippen LogP contribution in [0.2, 0.25) is 0 Å². The van der Waals surface area contributed by atoms with Gasteiger partial charge in [0.05, 0.1) is 5.56 Å². The Labute approximate surface area is 110 Å². The molecule has 3 N–H and O–H groups in total. The number of ether oxygens (including phenoxy) is 1. The number of hydrogen-bond acceptors (Lipinski definition) is 5. The van der Waals surface area contributed by atoms with Crippen molar-refractivity contribution in [3.8, 4) is 11.6 Å². The first kappa shape index (κ1) is 12.8. The maximum Gasteiger partial charge on any atom is 0.252 e. The Kier molecular flexibility index (Phi) is 3.61. The molecule has 0 saturated heterocycles. The van der Waals surface area contributed by atoms with Gasteiger partial charge in [-0.15, -0.1) is 0 Å². The van der Waals surface area contributed by atoms with Gasteiger partial charge in [0.2, 0.25) is 11.8 Å². The minimum atomic E-state index is -0.545. The fraction of sp³-hybridized carbons (Fsp3) is 0.154. The normalized spacial score (nSPS) is 10.0. The van der Waals surface area contributed by atoms with Crippen LogP contribution >= 0.6 is 0 Å². The number of rotatable bonds is 4. The van der Waals surface area contributed by atoms with Crippen LogP contribution in [0.15, 0.2) is 30.5 Å². The molecular weight excluding hydrogens is 244 g/mol. The van der Waals surface area contributed by atoms with Crippen LogP contribution in [0.3, 0.4) is 0 Å². The lowest BCUT2D eigenvalue weighted by molar-refractivity contribution is 0.0998. The number of hydrogen-bond donors (Lipinski definition) is 2. The molecule has 0 unspecified atom stereocenters. The second-order valence-electron chi connectivity index (χ2n) is 3.89. The Morgan fingerprint density at radius 2 is 2.11 bits per heavy atom. The standard InChI is InChI=1S/C13H14N4O2/c1-8-7-16-13(15-2)17-12(8)19-10-6-4-3-5-9(10)11(14)18/h3-7H,1-2H3,(H2,14,18)(H,15,16,17). The summed E-state index contributed by atoms with van der Waals surface area (Å²) in [6.45, 7) is 1.82. The second-order valence-corrected chi connectivity index (χ2v) is 3.89. The van der Waals surface area contributed by atoms with Crippen LogP contribution < -0.4 is 15.8 Å². The SMILES string of the molecule is CNc1ncc(C)c(Oc2ccccc2C(N)=O)n1. The zero-order valence-electron chi connectivity index (χ0n) is 10.7. The van der Waals surface area contributed by atoms with Crippen molar-refractivity contribution >= 4 is 11.9 Å². The molecule has 2 rings (SSSR count). The van der Waals surface area contributed by atoms with Gasteiger partial charge in [0.25, 0.3) is 5.91 Å². The summed E-state index contributed by atoms with van der Waals surface area (Å²) in [5, 5.41) is 2.82. The number of nitrogens with one attached hydrogen (secondary N) is 1. The molecule has 19 heavy (non-hydrogen) atoms. The number of aromatic nitrogens is 2. The number of nitrogens with zero attached hydrogens (tertiary/aromatic N) is 2. The van der Waals surface area contributed by atoms with E-state index in [-0.39, 0.29) is 0 Å². The average Bonchev–Trinajstić information content (AvgIpc) is 2.41. The van der Waals surface area contributed by atoms with Crippen molar-refractivity contribution < 1.29 is 9.53 Å². The van der Waals surface area contributed by atoms with Crippen LogP contribution in [0.4, 0.5) is 5.95 Å². The molecule has 1 amide bonds. The molecule has 98 valence electrons. The molecule has 6 heteroatoms. The number of anilines is 1. The van der Waals surface area contributed by atoms with Gasteiger partial charge >= 0.3 is 0 Å². The predicted molar refractivity (Wildman–Crippen MR) is 71.3 cm³/mol. The molecule has 0 atom stereocenters. The van der Waals surface area contributed by atoms with Gasteiger partial charge in [-0.2, -0.15) is 4.98 Å². The largest absolute Gasteiger partial charge is 0.438 e. The summed E-state index contributed by atoms with van der Waals surface area (Å²) in [4.78, 5) is 19.6. The molecule has 1 aromatic carbocycles. The number of amides is 1. The van der Waals surface area contributed by atoms with Gasteiger partial charge in [-0.3, -0.25) is 4.79 Å². The number of benzene rings is 1. The summed E-state index contributed by atoms with van der Waals surface area (Å²) in [5.41, 5.74) is 6.37. The van der Waals surface area contributed by atoms with Crippen LogP contribution in [-0.4, -0.2) is 22.9 Å². The third-order valence-electron chi connectivity index (χ3n) is 2.51. The van der Waals surface area contributed by atoms with Crippen molar-refractivity contribution in [2.45, 2.75) is 6.92 Å². The average molecular weight is 258 g/mol. The van der Waals surface area contributed by atoms with Crippen molar-refractivity contribution in [1.29, 1.82) is 0 Å². The number of primary amides is 1. The molecule has 0 spiro atoms. The van der Waals surface area contributed by atoms with E-state index < -0.39 is 5.91 Å². The van der Waals surface area contributed by atoms with E-state index in [0.29, 0.717) is 23.1 Å². The van der Waals surface area contributed by atoms with Crippen molar-refractivity contribution in [2.75, 3.05) is 12.4 Å². The van der Waals surface area contributed by atoms with E-state index in [2.05, 4.69) is 15.3 Å². The molecule has 6 nitrogen and oxygen atoms in total. The molecular formula is C13H14N4O2. The van der Waals surface area contributed by atoms with Crippen molar-refractivity contribution in [2.24, 2.45) is 5.73 Å². The molecule has 0 saturated carbocycles. The minimum absolute atomic E-state index is 0.312. The van der Waals surface area contributed by atoms with Gasteiger partial charge in [-0.25, -0.2) is 4.98 Å². The number of aryl methyl sites for hydroxylation is 1. The highest BCUT2D eigenvalue weighted by atomic mass is 16.5. The van der Waals surface area contributed by atoms with Crippen molar-refractivity contribution in [1.82, 2.24) is 9.97 Å². The monoisotopic (exact) mass is 258 g/mol. The number of nitrogens with two attached hydrogens (primary N) is 1. The van der Waals surface area contributed by atoms with Gasteiger partial charge in [0, 0.05) is 18.8 Å². The van der Waals surface area contributed by atoms with Gasteiger partial charge < -0.3 is 15.8 Å². The first-order valence-electron chi connectivity index (χ1n) is 5.70. The summed E-state index contributed by atoms with van der Waals surface area (Å²) in [6.07, 6.45) is 1.64. The van der Waals surface area contributed by atoms with E-state index in [1.54, 1.807) is 37.5 Å². The lowest BCUT2D eigenvalue weighted by Gasteiger charge is -2.10. The highest BCUT2D eigenvalue weighted by molar-refractivity contribution is 5.95. The number of para-hydroxylation sites is 1. The topological polar surface area (TPSA) is 90.1 Å². The summed E-state index contributed by atoms with van der Waals surface area (Å²) >= 11 is 0. The molecule has 1 aromatic heterocycles. The zero-order valence-corrected chi connectivity index (χ0v) is 10.7. The quantitative estimate of drug-likeness (QED) is 0.871. The Balaban J connectivity index is 2.38. The van der Waals surface area contributed by atoms with E-state index in [0.717, 1.165) is 5.56 Å². The zero-order chi connectivity index (χ0) is 13.8. The van der Waals surface area contributed by atoms with Gasteiger partial charge in [-0.1, -0.05) is 12.1 Å². The number of carbonyl (C=O) groups excluding carboxylic acids is 1. The smallest absolute Gasteiger partial charge is 0.252 e. The van der Waals surface area contributed by atoms with Crippen LogP contribution in [-0.2, 0) is 0 Å². The molecule has 0 bridgehead atoms.